The van der Waals surface area contributed by atoms with Gasteiger partial charge in [0.2, 0.25) is 5.91 Å². The summed E-state index contributed by atoms with van der Waals surface area (Å²) in [5.74, 6) is 0.114. The third kappa shape index (κ3) is 9.52. The molecule has 0 aliphatic carbocycles. The van der Waals surface area contributed by atoms with Crippen molar-refractivity contribution in [1.29, 1.82) is 0 Å². The zero-order valence-corrected chi connectivity index (χ0v) is 9.57. The summed E-state index contributed by atoms with van der Waals surface area (Å²) in [5, 5.41) is 5.87. The Balaban J connectivity index is 2.95. The van der Waals surface area contributed by atoms with E-state index in [2.05, 4.69) is 17.6 Å². The fourth-order valence-corrected chi connectivity index (χ4v) is 1.31. The highest BCUT2D eigenvalue weighted by atomic mass is 16.1. The number of amides is 1. The number of hydrogen-bond acceptors (Lipinski definition) is 2. The van der Waals surface area contributed by atoms with Crippen molar-refractivity contribution in [2.75, 3.05) is 20.1 Å². The second-order valence-electron chi connectivity index (χ2n) is 3.59. The molecule has 0 heterocycles. The molecule has 0 fully saturated rings. The number of rotatable bonds is 9. The summed E-state index contributed by atoms with van der Waals surface area (Å²) in [7, 11) is 1.67. The molecule has 2 N–H and O–H groups in total. The van der Waals surface area contributed by atoms with Crippen LogP contribution >= 0.6 is 0 Å². The second kappa shape index (κ2) is 10.5. The van der Waals surface area contributed by atoms with Gasteiger partial charge in [0.15, 0.2) is 0 Å². The zero-order valence-electron chi connectivity index (χ0n) is 9.57. The number of carbonyl (C=O) groups excluding carboxylic acids is 1. The number of nitrogens with one attached hydrogen (secondary N) is 2. The Morgan fingerprint density at radius 2 is 1.79 bits per heavy atom. The molecule has 0 saturated heterocycles. The molecule has 0 rings (SSSR count). The van der Waals surface area contributed by atoms with Gasteiger partial charge in [0.25, 0.3) is 0 Å². The Hall–Kier alpha value is -0.570. The van der Waals surface area contributed by atoms with Crippen LogP contribution in [0, 0.1) is 0 Å². The average molecular weight is 200 g/mol. The van der Waals surface area contributed by atoms with Crippen LogP contribution in [0.2, 0.25) is 0 Å². The van der Waals surface area contributed by atoms with Gasteiger partial charge in [0.05, 0.1) is 0 Å². The summed E-state index contributed by atoms with van der Waals surface area (Å²) in [6, 6.07) is 0. The first-order valence-electron chi connectivity index (χ1n) is 5.72. The predicted molar refractivity (Wildman–Crippen MR) is 60.3 cm³/mol. The lowest BCUT2D eigenvalue weighted by atomic mass is 10.1. The van der Waals surface area contributed by atoms with Crippen molar-refractivity contribution in [2.45, 2.75) is 45.4 Å². The number of carbonyl (C=O) groups is 1. The molecule has 0 aliphatic heterocycles. The summed E-state index contributed by atoms with van der Waals surface area (Å²) in [6.07, 6.45) is 7.11. The molecule has 14 heavy (non-hydrogen) atoms. The Kier molecular flexibility index (Phi) is 10.1. The molecule has 0 aromatic heterocycles. The van der Waals surface area contributed by atoms with E-state index in [1.807, 2.05) is 0 Å². The van der Waals surface area contributed by atoms with E-state index in [0.717, 1.165) is 13.1 Å². The molecule has 84 valence electrons. The van der Waals surface area contributed by atoms with E-state index in [9.17, 15) is 4.79 Å². The molecule has 0 spiro atoms. The second-order valence-corrected chi connectivity index (χ2v) is 3.59. The van der Waals surface area contributed by atoms with Crippen LogP contribution in [0.25, 0.3) is 0 Å². The average Bonchev–Trinajstić information content (AvgIpc) is 2.21. The minimum atomic E-state index is 0.114. The molecule has 1 amide bonds. The first-order chi connectivity index (χ1) is 6.81. The maximum Gasteiger partial charge on any atom is 0.221 e. The molecule has 3 heteroatoms. The molecule has 0 radical (unpaired) electrons. The Morgan fingerprint density at radius 3 is 2.43 bits per heavy atom. The summed E-state index contributed by atoms with van der Waals surface area (Å²) < 4.78 is 0. The third-order valence-corrected chi connectivity index (χ3v) is 2.26. The largest absolute Gasteiger partial charge is 0.359 e. The molecule has 3 nitrogen and oxygen atoms in total. The SMILES string of the molecule is CCCCCCCNCCC(=O)NC. The Morgan fingerprint density at radius 1 is 1.07 bits per heavy atom. The topological polar surface area (TPSA) is 41.1 Å². The van der Waals surface area contributed by atoms with Crippen LogP contribution in [-0.4, -0.2) is 26.0 Å². The molecule has 0 atom stereocenters. The lowest BCUT2D eigenvalue weighted by Gasteiger charge is -2.03. The molecule has 0 saturated carbocycles. The molecule has 0 unspecified atom stereocenters. The lowest BCUT2D eigenvalue weighted by Crippen LogP contribution is -2.25. The van der Waals surface area contributed by atoms with Gasteiger partial charge in [-0.1, -0.05) is 32.6 Å². The summed E-state index contributed by atoms with van der Waals surface area (Å²) >= 11 is 0. The first kappa shape index (κ1) is 13.4. The maximum atomic E-state index is 10.8. The van der Waals surface area contributed by atoms with Crippen LogP contribution < -0.4 is 10.6 Å². The predicted octanol–water partition coefficient (Wildman–Crippen LogP) is 1.68. The fourth-order valence-electron chi connectivity index (χ4n) is 1.31. The van der Waals surface area contributed by atoms with Gasteiger partial charge in [-0.3, -0.25) is 4.79 Å². The number of hydrogen-bond donors (Lipinski definition) is 2. The van der Waals surface area contributed by atoms with Gasteiger partial charge < -0.3 is 10.6 Å². The fraction of sp³-hybridized carbons (Fsp3) is 0.909. The van der Waals surface area contributed by atoms with Gasteiger partial charge in [-0.25, -0.2) is 0 Å². The first-order valence-corrected chi connectivity index (χ1v) is 5.72. The van der Waals surface area contributed by atoms with Crippen LogP contribution in [0.5, 0.6) is 0 Å². The number of unbranched alkanes of at least 4 members (excludes halogenated alkanes) is 4. The normalized spacial score (nSPS) is 10.1. The van der Waals surface area contributed by atoms with Gasteiger partial charge in [0, 0.05) is 20.0 Å². The maximum absolute atomic E-state index is 10.8. The third-order valence-electron chi connectivity index (χ3n) is 2.26. The van der Waals surface area contributed by atoms with Crippen molar-refractivity contribution in [2.24, 2.45) is 0 Å². The van der Waals surface area contributed by atoms with E-state index >= 15 is 0 Å². The van der Waals surface area contributed by atoms with Gasteiger partial charge in [0.1, 0.15) is 0 Å². The van der Waals surface area contributed by atoms with E-state index in [-0.39, 0.29) is 5.91 Å². The summed E-state index contributed by atoms with van der Waals surface area (Å²) in [6.45, 7) is 4.07. The zero-order chi connectivity index (χ0) is 10.6. The van der Waals surface area contributed by atoms with Gasteiger partial charge in [-0.15, -0.1) is 0 Å². The highest BCUT2D eigenvalue weighted by Gasteiger charge is 1.95. The smallest absolute Gasteiger partial charge is 0.221 e. The molecule has 0 aromatic carbocycles. The minimum absolute atomic E-state index is 0.114. The van der Waals surface area contributed by atoms with Crippen molar-refractivity contribution in [3.8, 4) is 0 Å². The van der Waals surface area contributed by atoms with E-state index in [4.69, 9.17) is 0 Å². The van der Waals surface area contributed by atoms with E-state index in [1.165, 1.54) is 32.1 Å². The van der Waals surface area contributed by atoms with E-state index in [1.54, 1.807) is 7.05 Å². The van der Waals surface area contributed by atoms with Gasteiger partial charge >= 0.3 is 0 Å². The van der Waals surface area contributed by atoms with Crippen molar-refractivity contribution in [3.63, 3.8) is 0 Å². The molecule has 0 aliphatic rings. The van der Waals surface area contributed by atoms with Crippen molar-refractivity contribution >= 4 is 5.91 Å². The van der Waals surface area contributed by atoms with Crippen molar-refractivity contribution in [1.82, 2.24) is 10.6 Å². The minimum Gasteiger partial charge on any atom is -0.359 e. The Labute approximate surface area is 87.6 Å². The highest BCUT2D eigenvalue weighted by molar-refractivity contribution is 5.75. The van der Waals surface area contributed by atoms with Gasteiger partial charge in [-0.05, 0) is 13.0 Å². The molecular weight excluding hydrogens is 176 g/mol. The van der Waals surface area contributed by atoms with Gasteiger partial charge in [-0.2, -0.15) is 0 Å². The van der Waals surface area contributed by atoms with Crippen LogP contribution in [-0.2, 0) is 4.79 Å². The summed E-state index contributed by atoms with van der Waals surface area (Å²) in [4.78, 5) is 10.8. The standard InChI is InChI=1S/C11H24N2O/c1-3-4-5-6-7-9-13-10-8-11(14)12-2/h13H,3-10H2,1-2H3,(H,12,14). The molecular formula is C11H24N2O. The van der Waals surface area contributed by atoms with Crippen LogP contribution in [0.4, 0.5) is 0 Å². The van der Waals surface area contributed by atoms with Crippen LogP contribution in [0.15, 0.2) is 0 Å². The molecule has 0 aromatic rings. The van der Waals surface area contributed by atoms with Crippen LogP contribution in [0.1, 0.15) is 45.4 Å². The van der Waals surface area contributed by atoms with Crippen LogP contribution in [0.3, 0.4) is 0 Å². The van der Waals surface area contributed by atoms with Crippen molar-refractivity contribution < 1.29 is 4.79 Å². The molecule has 0 bridgehead atoms. The quantitative estimate of drug-likeness (QED) is 0.556. The van der Waals surface area contributed by atoms with E-state index in [0.29, 0.717) is 6.42 Å². The van der Waals surface area contributed by atoms with Crippen molar-refractivity contribution in [3.05, 3.63) is 0 Å². The van der Waals surface area contributed by atoms with E-state index < -0.39 is 0 Å². The monoisotopic (exact) mass is 200 g/mol. The Bertz CT molecular complexity index is 137. The lowest BCUT2D eigenvalue weighted by molar-refractivity contribution is -0.120. The summed E-state index contributed by atoms with van der Waals surface area (Å²) in [5.41, 5.74) is 0. The highest BCUT2D eigenvalue weighted by Crippen LogP contribution is 2.00.